The molecule has 3 heterocycles. The molecule has 3 aromatic rings. The third-order valence-corrected chi connectivity index (χ3v) is 4.96. The van der Waals surface area contributed by atoms with Gasteiger partial charge in [-0.05, 0) is 35.4 Å². The second kappa shape index (κ2) is 7.69. The molecule has 0 bridgehead atoms. The van der Waals surface area contributed by atoms with Crippen molar-refractivity contribution in [3.8, 4) is 11.1 Å². The lowest BCUT2D eigenvalue weighted by molar-refractivity contribution is 0.218. The number of nitrogens with zero attached hydrogens (tertiary/aromatic N) is 4. The maximum absolute atomic E-state index is 8.80. The molecule has 0 unspecified atom stereocenters. The van der Waals surface area contributed by atoms with Gasteiger partial charge in [0.05, 0.1) is 12.1 Å². The van der Waals surface area contributed by atoms with E-state index < -0.39 is 0 Å². The monoisotopic (exact) mass is 362 g/mol. The molecule has 1 saturated heterocycles. The lowest BCUT2D eigenvalue weighted by Gasteiger charge is -2.36. The third kappa shape index (κ3) is 3.74. The van der Waals surface area contributed by atoms with Crippen molar-refractivity contribution in [3.05, 3.63) is 55.0 Å². The van der Waals surface area contributed by atoms with Gasteiger partial charge in [0.2, 0.25) is 0 Å². The van der Waals surface area contributed by atoms with E-state index in [1.165, 1.54) is 5.69 Å². The van der Waals surface area contributed by atoms with Gasteiger partial charge in [-0.25, -0.2) is 0 Å². The van der Waals surface area contributed by atoms with E-state index in [1.54, 1.807) is 12.4 Å². The molecule has 1 aromatic carbocycles. The van der Waals surface area contributed by atoms with Crippen LogP contribution in [0.5, 0.6) is 0 Å². The van der Waals surface area contributed by atoms with Gasteiger partial charge in [-0.15, -0.1) is 0 Å². The summed E-state index contributed by atoms with van der Waals surface area (Å²) < 4.78 is 0. The number of benzene rings is 1. The maximum atomic E-state index is 8.80. The Hall–Kier alpha value is -3.03. The first-order valence-electron chi connectivity index (χ1n) is 8.98. The summed E-state index contributed by atoms with van der Waals surface area (Å²) in [6.07, 6.45) is 5.47. The van der Waals surface area contributed by atoms with Crippen LogP contribution in [0.25, 0.3) is 22.0 Å². The largest absolute Gasteiger partial charge is 0.368 e. The molecule has 0 amide bonds. The van der Waals surface area contributed by atoms with Crippen molar-refractivity contribution >= 4 is 22.4 Å². The minimum atomic E-state index is 0.126. The number of hydrogen-bond acceptors (Lipinski definition) is 6. The Kier molecular flexibility index (Phi) is 4.95. The van der Waals surface area contributed by atoms with E-state index in [0.29, 0.717) is 6.54 Å². The summed E-state index contributed by atoms with van der Waals surface area (Å²) in [5.41, 5.74) is 6.35. The number of fused-ring (bicyclic) bond motifs is 1. The fourth-order valence-electron chi connectivity index (χ4n) is 3.54. The first-order chi connectivity index (χ1) is 13.2. The molecule has 3 N–H and O–H groups in total. The van der Waals surface area contributed by atoms with Crippen LogP contribution >= 0.6 is 0 Å². The van der Waals surface area contributed by atoms with E-state index >= 15 is 0 Å². The summed E-state index contributed by atoms with van der Waals surface area (Å²) in [7, 11) is 0. The number of rotatable bonds is 4. The summed E-state index contributed by atoms with van der Waals surface area (Å²) in [6.45, 7) is 3.90. The molecule has 7 heteroatoms. The zero-order valence-electron chi connectivity index (χ0n) is 15.0. The number of hydrogen-bond donors (Lipinski definition) is 3. The Morgan fingerprint density at radius 3 is 2.52 bits per heavy atom. The molecule has 0 atom stereocenters. The predicted molar refractivity (Wildman–Crippen MR) is 106 cm³/mol. The van der Waals surface area contributed by atoms with E-state index in [9.17, 15) is 0 Å². The minimum absolute atomic E-state index is 0.126. The van der Waals surface area contributed by atoms with Gasteiger partial charge in [-0.2, -0.15) is 0 Å². The van der Waals surface area contributed by atoms with Crippen molar-refractivity contribution in [2.24, 2.45) is 0 Å². The smallest absolute Gasteiger partial charge is 0.132 e. The number of nitrogens with one attached hydrogen (secondary N) is 2. The predicted octanol–water partition coefficient (Wildman–Crippen LogP) is 2.37. The first-order valence-corrected chi connectivity index (χ1v) is 8.98. The SMILES string of the molecule is N=C(CN1CCN(c2ccnc3cc(-c4ccncc4)ccc23)CC1)NO. The van der Waals surface area contributed by atoms with Crippen LogP contribution in [0.2, 0.25) is 0 Å². The zero-order valence-corrected chi connectivity index (χ0v) is 15.0. The summed E-state index contributed by atoms with van der Waals surface area (Å²) in [4.78, 5) is 13.2. The van der Waals surface area contributed by atoms with Crippen molar-refractivity contribution in [1.82, 2.24) is 20.3 Å². The Balaban J connectivity index is 1.56. The van der Waals surface area contributed by atoms with Gasteiger partial charge >= 0.3 is 0 Å². The molecule has 0 radical (unpaired) electrons. The van der Waals surface area contributed by atoms with Gasteiger partial charge in [0, 0.05) is 55.8 Å². The van der Waals surface area contributed by atoms with Gasteiger partial charge in [-0.1, -0.05) is 12.1 Å². The third-order valence-electron chi connectivity index (χ3n) is 4.96. The molecular formula is C20H22N6O. The number of amidine groups is 1. The highest BCUT2D eigenvalue weighted by molar-refractivity contribution is 5.94. The zero-order chi connectivity index (χ0) is 18.6. The van der Waals surface area contributed by atoms with Crippen molar-refractivity contribution in [1.29, 1.82) is 5.41 Å². The van der Waals surface area contributed by atoms with E-state index in [2.05, 4.69) is 44.0 Å². The van der Waals surface area contributed by atoms with Crippen LogP contribution in [0.3, 0.4) is 0 Å². The highest BCUT2D eigenvalue weighted by Crippen LogP contribution is 2.29. The Labute approximate surface area is 157 Å². The number of aromatic nitrogens is 2. The van der Waals surface area contributed by atoms with Gasteiger partial charge < -0.3 is 4.90 Å². The number of anilines is 1. The molecule has 2 aromatic heterocycles. The second-order valence-corrected chi connectivity index (χ2v) is 6.65. The first kappa shape index (κ1) is 17.4. The normalized spacial score (nSPS) is 15.1. The average Bonchev–Trinajstić information content (AvgIpc) is 2.74. The van der Waals surface area contributed by atoms with Crippen LogP contribution in [0.1, 0.15) is 0 Å². The van der Waals surface area contributed by atoms with Crippen molar-refractivity contribution < 1.29 is 5.21 Å². The molecule has 4 rings (SSSR count). The van der Waals surface area contributed by atoms with Gasteiger partial charge in [0.1, 0.15) is 5.84 Å². The molecule has 27 heavy (non-hydrogen) atoms. The molecule has 1 fully saturated rings. The van der Waals surface area contributed by atoms with Crippen molar-refractivity contribution in [2.45, 2.75) is 0 Å². The maximum Gasteiger partial charge on any atom is 0.132 e. The summed E-state index contributed by atoms with van der Waals surface area (Å²) >= 11 is 0. The number of pyridine rings is 2. The minimum Gasteiger partial charge on any atom is -0.368 e. The van der Waals surface area contributed by atoms with Crippen molar-refractivity contribution in [2.75, 3.05) is 37.6 Å². The van der Waals surface area contributed by atoms with E-state index in [0.717, 1.165) is 48.2 Å². The highest BCUT2D eigenvalue weighted by atomic mass is 16.5. The molecule has 0 spiro atoms. The fourth-order valence-corrected chi connectivity index (χ4v) is 3.54. The molecule has 1 aliphatic heterocycles. The molecule has 138 valence electrons. The van der Waals surface area contributed by atoms with Gasteiger partial charge in [0.25, 0.3) is 0 Å². The molecule has 0 saturated carbocycles. The van der Waals surface area contributed by atoms with Crippen LogP contribution in [0, 0.1) is 5.41 Å². The number of hydroxylamine groups is 1. The topological polar surface area (TPSA) is 88.4 Å². The lowest BCUT2D eigenvalue weighted by Crippen LogP contribution is -2.49. The quantitative estimate of drug-likeness (QED) is 0.375. The van der Waals surface area contributed by atoms with Crippen LogP contribution in [-0.4, -0.2) is 58.6 Å². The molecule has 1 aliphatic rings. The standard InChI is InChI=1S/C20H22N6O/c21-20(24-27)14-25-9-11-26(12-10-25)19-5-8-23-18-13-16(1-2-17(18)19)15-3-6-22-7-4-15/h1-8,13,27H,9-12,14H2,(H2,21,24). The van der Waals surface area contributed by atoms with Crippen LogP contribution in [-0.2, 0) is 0 Å². The number of piperazine rings is 1. The lowest BCUT2D eigenvalue weighted by atomic mass is 10.0. The highest BCUT2D eigenvalue weighted by Gasteiger charge is 2.19. The Morgan fingerprint density at radius 1 is 1.00 bits per heavy atom. The van der Waals surface area contributed by atoms with Crippen LogP contribution < -0.4 is 10.4 Å². The van der Waals surface area contributed by atoms with E-state index in [4.69, 9.17) is 10.6 Å². The van der Waals surface area contributed by atoms with Gasteiger partial charge in [0.15, 0.2) is 0 Å². The molecular weight excluding hydrogens is 340 g/mol. The van der Waals surface area contributed by atoms with Gasteiger partial charge in [-0.3, -0.25) is 31.0 Å². The van der Waals surface area contributed by atoms with E-state index in [-0.39, 0.29) is 5.84 Å². The summed E-state index contributed by atoms with van der Waals surface area (Å²) in [6, 6.07) is 12.5. The average molecular weight is 362 g/mol. The summed E-state index contributed by atoms with van der Waals surface area (Å²) in [5, 5.41) is 17.5. The van der Waals surface area contributed by atoms with Crippen molar-refractivity contribution in [3.63, 3.8) is 0 Å². The second-order valence-electron chi connectivity index (χ2n) is 6.65. The van der Waals surface area contributed by atoms with Crippen LogP contribution in [0.4, 0.5) is 5.69 Å². The van der Waals surface area contributed by atoms with E-state index in [1.807, 2.05) is 23.8 Å². The molecule has 0 aliphatic carbocycles. The Morgan fingerprint density at radius 2 is 1.78 bits per heavy atom. The fraction of sp³-hybridized carbons (Fsp3) is 0.250. The van der Waals surface area contributed by atoms with Crippen LogP contribution in [0.15, 0.2) is 55.0 Å². The summed E-state index contributed by atoms with van der Waals surface area (Å²) in [5.74, 6) is 0.126. The Bertz CT molecular complexity index is 938. The molecule has 7 nitrogen and oxygen atoms in total.